The third-order valence-electron chi connectivity index (χ3n) is 4.28. The third-order valence-corrected chi connectivity index (χ3v) is 4.28. The van der Waals surface area contributed by atoms with E-state index in [-0.39, 0.29) is 11.4 Å². The molecule has 4 aromatic rings. The Morgan fingerprint density at radius 3 is 2.48 bits per heavy atom. The summed E-state index contributed by atoms with van der Waals surface area (Å²) in [4.78, 5) is 24.4. The van der Waals surface area contributed by atoms with Crippen LogP contribution in [0.2, 0.25) is 0 Å². The van der Waals surface area contributed by atoms with Gasteiger partial charge in [0.05, 0.1) is 16.5 Å². The van der Waals surface area contributed by atoms with E-state index in [1.54, 1.807) is 18.2 Å². The van der Waals surface area contributed by atoms with Crippen molar-refractivity contribution in [3.8, 4) is 11.6 Å². The monoisotopic (exact) mass is 425 g/mol. The molecule has 0 saturated heterocycles. The minimum Gasteiger partial charge on any atom is -0.438 e. The number of hydrogen-bond acceptors (Lipinski definition) is 6. The first kappa shape index (κ1) is 20.1. The van der Waals surface area contributed by atoms with Crippen molar-refractivity contribution < 1.29 is 22.7 Å². The van der Waals surface area contributed by atoms with Crippen molar-refractivity contribution in [2.75, 3.05) is 11.1 Å². The van der Waals surface area contributed by atoms with Crippen molar-refractivity contribution in [2.45, 2.75) is 6.18 Å². The summed E-state index contributed by atoms with van der Waals surface area (Å²) in [6, 6.07) is 12.7. The molecule has 0 radical (unpaired) electrons. The molecule has 0 unspecified atom stereocenters. The van der Waals surface area contributed by atoms with Crippen LogP contribution in [-0.2, 0) is 6.18 Å². The predicted octanol–water partition coefficient (Wildman–Crippen LogP) is 4.67. The average molecular weight is 425 g/mol. The number of pyridine rings is 1. The quantitative estimate of drug-likeness (QED) is 0.461. The van der Waals surface area contributed by atoms with Crippen molar-refractivity contribution in [3.63, 3.8) is 0 Å². The van der Waals surface area contributed by atoms with Gasteiger partial charge in [-0.05, 0) is 54.6 Å². The van der Waals surface area contributed by atoms with Crippen LogP contribution in [0.1, 0.15) is 15.9 Å². The number of fused-ring (bicyclic) bond motifs is 1. The normalized spacial score (nSPS) is 11.3. The zero-order valence-electron chi connectivity index (χ0n) is 15.7. The highest BCUT2D eigenvalue weighted by molar-refractivity contribution is 6.03. The molecular formula is C21H14F3N5O2. The lowest BCUT2D eigenvalue weighted by Gasteiger charge is -2.10. The fourth-order valence-electron chi connectivity index (χ4n) is 2.78. The lowest BCUT2D eigenvalue weighted by atomic mass is 10.2. The summed E-state index contributed by atoms with van der Waals surface area (Å²) >= 11 is 0. The summed E-state index contributed by atoms with van der Waals surface area (Å²) in [5, 5.41) is 2.97. The molecule has 0 atom stereocenters. The van der Waals surface area contributed by atoms with Crippen LogP contribution in [0.5, 0.6) is 11.6 Å². The molecule has 1 amide bonds. The van der Waals surface area contributed by atoms with Gasteiger partial charge in [0, 0.05) is 17.4 Å². The van der Waals surface area contributed by atoms with Gasteiger partial charge in [0.2, 0.25) is 5.88 Å². The molecule has 0 bridgehead atoms. The van der Waals surface area contributed by atoms with Crippen LogP contribution in [0.3, 0.4) is 0 Å². The third kappa shape index (κ3) is 4.53. The molecule has 7 nitrogen and oxygen atoms in total. The number of nitrogen functional groups attached to an aromatic ring is 1. The van der Waals surface area contributed by atoms with Crippen LogP contribution < -0.4 is 15.8 Å². The van der Waals surface area contributed by atoms with Gasteiger partial charge in [0.15, 0.2) is 0 Å². The molecule has 0 aliphatic carbocycles. The van der Waals surface area contributed by atoms with Crippen molar-refractivity contribution >= 4 is 28.3 Å². The lowest BCUT2D eigenvalue weighted by Crippen LogP contribution is -2.14. The number of nitrogens with one attached hydrogen (secondary N) is 1. The summed E-state index contributed by atoms with van der Waals surface area (Å²) in [6.07, 6.45) is -2.19. The fourth-order valence-corrected chi connectivity index (χ4v) is 2.78. The van der Waals surface area contributed by atoms with Gasteiger partial charge < -0.3 is 15.8 Å². The molecule has 2 aromatic heterocycles. The Labute approximate surface area is 173 Å². The highest BCUT2D eigenvalue weighted by Crippen LogP contribution is 2.30. The number of halogens is 3. The van der Waals surface area contributed by atoms with Crippen LogP contribution in [0.25, 0.3) is 10.9 Å². The maximum atomic E-state index is 12.8. The number of benzene rings is 2. The van der Waals surface area contributed by atoms with Crippen LogP contribution in [-0.4, -0.2) is 20.9 Å². The first-order valence-corrected chi connectivity index (χ1v) is 8.92. The number of nitrogens with two attached hydrogens (primary N) is 1. The highest BCUT2D eigenvalue weighted by Gasteiger charge is 2.30. The number of amides is 1. The first-order valence-electron chi connectivity index (χ1n) is 8.92. The van der Waals surface area contributed by atoms with Gasteiger partial charge in [0.1, 0.15) is 17.9 Å². The predicted molar refractivity (Wildman–Crippen MR) is 108 cm³/mol. The molecule has 0 saturated carbocycles. The van der Waals surface area contributed by atoms with Gasteiger partial charge in [0.25, 0.3) is 5.91 Å². The summed E-state index contributed by atoms with van der Waals surface area (Å²) < 4.78 is 44.2. The second-order valence-corrected chi connectivity index (χ2v) is 6.46. The fraction of sp³-hybridized carbons (Fsp3) is 0.0476. The Kier molecular flexibility index (Phi) is 5.12. The molecule has 156 valence electrons. The Hall–Kier alpha value is -4.21. The van der Waals surface area contributed by atoms with Crippen molar-refractivity contribution in [2.24, 2.45) is 0 Å². The number of nitrogens with zero attached hydrogens (tertiary/aromatic N) is 3. The van der Waals surface area contributed by atoms with Gasteiger partial charge in [-0.3, -0.25) is 4.79 Å². The Bertz CT molecular complexity index is 1260. The molecule has 31 heavy (non-hydrogen) atoms. The summed E-state index contributed by atoms with van der Waals surface area (Å²) in [5.41, 5.74) is 6.31. The minimum atomic E-state index is -4.53. The number of carbonyl (C=O) groups excluding carboxylic acids is 1. The second-order valence-electron chi connectivity index (χ2n) is 6.46. The molecule has 0 aliphatic heterocycles. The summed E-state index contributed by atoms with van der Waals surface area (Å²) in [7, 11) is 0. The maximum Gasteiger partial charge on any atom is 0.416 e. The Balaban J connectivity index is 1.50. The van der Waals surface area contributed by atoms with E-state index in [1.807, 2.05) is 0 Å². The van der Waals surface area contributed by atoms with Crippen LogP contribution in [0.4, 0.5) is 24.7 Å². The van der Waals surface area contributed by atoms with Crippen molar-refractivity contribution in [1.29, 1.82) is 0 Å². The molecule has 0 spiro atoms. The standard InChI is InChI=1S/C21H14F3N5O2/c22-21(23,24)13-7-8-26-18(9-13)29-19(30)12-1-4-15(5-2-12)31-20-16-10-14(25)3-6-17(16)27-11-28-20/h1-11H,25H2,(H,26,29,30). The number of hydrogen-bond donors (Lipinski definition) is 2. The molecular weight excluding hydrogens is 411 g/mol. The SMILES string of the molecule is Nc1ccc2ncnc(Oc3ccc(C(=O)Nc4cc(C(F)(F)F)ccn4)cc3)c2c1. The molecule has 0 fully saturated rings. The number of carbonyl (C=O) groups is 1. The number of ether oxygens (including phenoxy) is 1. The van der Waals surface area contributed by atoms with Gasteiger partial charge in [-0.25, -0.2) is 15.0 Å². The van der Waals surface area contributed by atoms with Crippen LogP contribution >= 0.6 is 0 Å². The van der Waals surface area contributed by atoms with Crippen LogP contribution in [0.15, 0.2) is 67.1 Å². The largest absolute Gasteiger partial charge is 0.438 e. The van der Waals surface area contributed by atoms with E-state index in [0.717, 1.165) is 18.3 Å². The van der Waals surface area contributed by atoms with Gasteiger partial charge in [-0.15, -0.1) is 0 Å². The molecule has 4 rings (SSSR count). The van der Waals surface area contributed by atoms with Gasteiger partial charge in [-0.1, -0.05) is 0 Å². The Morgan fingerprint density at radius 1 is 0.968 bits per heavy atom. The average Bonchev–Trinajstić information content (AvgIpc) is 2.74. The van der Waals surface area contributed by atoms with E-state index in [4.69, 9.17) is 10.5 Å². The minimum absolute atomic E-state index is 0.204. The van der Waals surface area contributed by atoms with E-state index >= 15 is 0 Å². The highest BCUT2D eigenvalue weighted by atomic mass is 19.4. The molecule has 2 aromatic carbocycles. The zero-order chi connectivity index (χ0) is 22.0. The molecule has 3 N–H and O–H groups in total. The second kappa shape index (κ2) is 7.90. The molecule has 0 aliphatic rings. The summed E-state index contributed by atoms with van der Waals surface area (Å²) in [6.45, 7) is 0. The molecule has 2 heterocycles. The number of aromatic nitrogens is 3. The first-order chi connectivity index (χ1) is 14.8. The number of alkyl halides is 3. The number of rotatable bonds is 4. The molecule has 10 heteroatoms. The maximum absolute atomic E-state index is 12.8. The van der Waals surface area contributed by atoms with Gasteiger partial charge in [-0.2, -0.15) is 13.2 Å². The van der Waals surface area contributed by atoms with E-state index in [9.17, 15) is 18.0 Å². The smallest absolute Gasteiger partial charge is 0.416 e. The zero-order valence-corrected chi connectivity index (χ0v) is 15.7. The van der Waals surface area contributed by atoms with E-state index in [2.05, 4.69) is 20.3 Å². The summed E-state index contributed by atoms with van der Waals surface area (Å²) in [5.74, 6) is -0.123. The Morgan fingerprint density at radius 2 is 1.74 bits per heavy atom. The van der Waals surface area contributed by atoms with Crippen LogP contribution in [0, 0.1) is 0 Å². The van der Waals surface area contributed by atoms with E-state index < -0.39 is 17.6 Å². The van der Waals surface area contributed by atoms with Crippen molar-refractivity contribution in [3.05, 3.63) is 78.2 Å². The van der Waals surface area contributed by atoms with Gasteiger partial charge >= 0.3 is 6.18 Å². The van der Waals surface area contributed by atoms with E-state index in [0.29, 0.717) is 28.2 Å². The lowest BCUT2D eigenvalue weighted by molar-refractivity contribution is -0.137. The van der Waals surface area contributed by atoms with Crippen molar-refractivity contribution in [1.82, 2.24) is 15.0 Å². The van der Waals surface area contributed by atoms with E-state index in [1.165, 1.54) is 30.6 Å². The topological polar surface area (TPSA) is 103 Å². The number of anilines is 2.